The smallest absolute Gasteiger partial charge is 0.377 e. The molecule has 7 heteroatoms. The van der Waals surface area contributed by atoms with Crippen LogP contribution in [0.15, 0.2) is 18.2 Å². The molecule has 1 saturated heterocycles. The van der Waals surface area contributed by atoms with Crippen molar-refractivity contribution in [2.24, 2.45) is 0 Å². The Morgan fingerprint density at radius 2 is 2.10 bits per heavy atom. The minimum Gasteiger partial charge on any atom is -0.377 e. The second-order valence-corrected chi connectivity index (χ2v) is 4.61. The van der Waals surface area contributed by atoms with Crippen LogP contribution in [0.3, 0.4) is 0 Å². The topological polar surface area (TPSA) is 29.5 Å². The summed E-state index contributed by atoms with van der Waals surface area (Å²) >= 11 is 0. The average Bonchev–Trinajstić information content (AvgIpc) is 2.37. The van der Waals surface area contributed by atoms with Gasteiger partial charge in [-0.05, 0) is 25.1 Å². The maximum Gasteiger partial charge on any atom is 0.419 e. The summed E-state index contributed by atoms with van der Waals surface area (Å²) in [5.74, 6) is -1.93. The third-order valence-corrected chi connectivity index (χ3v) is 3.15. The van der Waals surface area contributed by atoms with Crippen molar-refractivity contribution >= 4 is 5.91 Å². The van der Waals surface area contributed by atoms with E-state index < -0.39 is 23.5 Å². The fourth-order valence-corrected chi connectivity index (χ4v) is 2.07. The van der Waals surface area contributed by atoms with Crippen LogP contribution >= 0.6 is 0 Å². The predicted molar refractivity (Wildman–Crippen MR) is 62.7 cm³/mol. The van der Waals surface area contributed by atoms with E-state index in [0.29, 0.717) is 31.9 Å². The average molecular weight is 291 g/mol. The molecular weight excluding hydrogens is 278 g/mol. The maximum atomic E-state index is 13.2. The molecule has 110 valence electrons. The van der Waals surface area contributed by atoms with Crippen LogP contribution in [-0.4, -0.2) is 36.6 Å². The summed E-state index contributed by atoms with van der Waals surface area (Å²) in [5.41, 5.74) is -1.60. The maximum absolute atomic E-state index is 13.2. The first kappa shape index (κ1) is 14.8. The largest absolute Gasteiger partial charge is 0.419 e. The number of nitrogens with zero attached hydrogens (tertiary/aromatic N) is 1. The molecule has 1 fully saturated rings. The first-order valence-corrected chi connectivity index (χ1v) is 6.06. The number of morpholine rings is 1. The van der Waals surface area contributed by atoms with Crippen molar-refractivity contribution in [3.05, 3.63) is 35.1 Å². The lowest BCUT2D eigenvalue weighted by molar-refractivity contribution is -0.140. The molecule has 1 amide bonds. The Labute approximate surface area is 113 Å². The summed E-state index contributed by atoms with van der Waals surface area (Å²) in [6.45, 7) is 2.71. The summed E-state index contributed by atoms with van der Waals surface area (Å²) in [7, 11) is 0. The molecule has 0 radical (unpaired) electrons. The second kappa shape index (κ2) is 5.40. The summed E-state index contributed by atoms with van der Waals surface area (Å²) in [5, 5.41) is 0. The SMILES string of the molecule is CC1COCCN1C(=O)c1ccc(F)c(C(F)(F)F)c1. The summed E-state index contributed by atoms with van der Waals surface area (Å²) in [4.78, 5) is 13.6. The number of carbonyl (C=O) groups excluding carboxylic acids is 1. The van der Waals surface area contributed by atoms with Crippen molar-refractivity contribution in [3.8, 4) is 0 Å². The number of hydrogen-bond acceptors (Lipinski definition) is 2. The molecular formula is C13H13F4NO2. The lowest BCUT2D eigenvalue weighted by Crippen LogP contribution is -2.47. The molecule has 0 spiro atoms. The number of benzene rings is 1. The first-order chi connectivity index (χ1) is 9.30. The zero-order valence-electron chi connectivity index (χ0n) is 10.7. The number of hydrogen-bond donors (Lipinski definition) is 0. The van der Waals surface area contributed by atoms with Crippen LogP contribution in [0.4, 0.5) is 17.6 Å². The molecule has 0 aromatic heterocycles. The zero-order valence-corrected chi connectivity index (χ0v) is 10.7. The Kier molecular flexibility index (Phi) is 3.99. The van der Waals surface area contributed by atoms with Gasteiger partial charge in [0, 0.05) is 12.1 Å². The predicted octanol–water partition coefficient (Wildman–Crippen LogP) is 2.71. The third kappa shape index (κ3) is 2.92. The van der Waals surface area contributed by atoms with Gasteiger partial charge in [-0.15, -0.1) is 0 Å². The van der Waals surface area contributed by atoms with Gasteiger partial charge in [0.1, 0.15) is 5.82 Å². The number of alkyl halides is 3. The fourth-order valence-electron chi connectivity index (χ4n) is 2.07. The molecule has 3 nitrogen and oxygen atoms in total. The Morgan fingerprint density at radius 1 is 1.40 bits per heavy atom. The lowest BCUT2D eigenvalue weighted by Gasteiger charge is -2.33. The normalized spacial score (nSPS) is 20.1. The molecule has 0 aliphatic carbocycles. The molecule has 1 atom stereocenters. The molecule has 0 N–H and O–H groups in total. The molecule has 1 aromatic carbocycles. The molecule has 0 bridgehead atoms. The molecule has 20 heavy (non-hydrogen) atoms. The Bertz CT molecular complexity index is 516. The van der Waals surface area contributed by atoms with Crippen molar-refractivity contribution in [1.29, 1.82) is 0 Å². The number of amides is 1. The van der Waals surface area contributed by atoms with Crippen LogP contribution < -0.4 is 0 Å². The van der Waals surface area contributed by atoms with Gasteiger partial charge in [-0.25, -0.2) is 4.39 Å². The van der Waals surface area contributed by atoms with E-state index in [1.807, 2.05) is 0 Å². The van der Waals surface area contributed by atoms with Crippen LogP contribution in [0.5, 0.6) is 0 Å². The molecule has 1 unspecified atom stereocenters. The highest BCUT2D eigenvalue weighted by Gasteiger charge is 2.35. The first-order valence-electron chi connectivity index (χ1n) is 6.06. The van der Waals surface area contributed by atoms with Gasteiger partial charge in [-0.3, -0.25) is 4.79 Å². The highest BCUT2D eigenvalue weighted by atomic mass is 19.4. The summed E-state index contributed by atoms with van der Waals surface area (Å²) in [6.07, 6.45) is -4.82. The van der Waals surface area contributed by atoms with Crippen LogP contribution in [0.25, 0.3) is 0 Å². The number of ether oxygens (including phenoxy) is 1. The van der Waals surface area contributed by atoms with Gasteiger partial charge in [0.2, 0.25) is 0 Å². The second-order valence-electron chi connectivity index (χ2n) is 4.61. The van der Waals surface area contributed by atoms with Crippen LogP contribution in [0, 0.1) is 5.82 Å². The Morgan fingerprint density at radius 3 is 2.70 bits per heavy atom. The fraction of sp³-hybridized carbons (Fsp3) is 0.462. The monoisotopic (exact) mass is 291 g/mol. The molecule has 2 rings (SSSR count). The van der Waals surface area contributed by atoms with Crippen molar-refractivity contribution in [2.75, 3.05) is 19.8 Å². The zero-order chi connectivity index (χ0) is 14.9. The van der Waals surface area contributed by atoms with E-state index in [9.17, 15) is 22.4 Å². The molecule has 1 heterocycles. The standard InChI is InChI=1S/C13H13F4NO2/c1-8-7-20-5-4-18(8)12(19)9-2-3-11(14)10(6-9)13(15,16)17/h2-3,6,8H,4-5,7H2,1H3. The summed E-state index contributed by atoms with van der Waals surface area (Å²) < 4.78 is 56.2. The highest BCUT2D eigenvalue weighted by Crippen LogP contribution is 2.32. The molecule has 1 aromatic rings. The van der Waals surface area contributed by atoms with E-state index in [4.69, 9.17) is 4.74 Å². The molecule has 1 aliphatic rings. The van der Waals surface area contributed by atoms with Gasteiger partial charge < -0.3 is 9.64 Å². The molecule has 0 saturated carbocycles. The Balaban J connectivity index is 2.31. The van der Waals surface area contributed by atoms with Crippen molar-refractivity contribution in [3.63, 3.8) is 0 Å². The van der Waals surface area contributed by atoms with Crippen molar-refractivity contribution < 1.29 is 27.1 Å². The van der Waals surface area contributed by atoms with Gasteiger partial charge in [0.05, 0.1) is 24.8 Å². The lowest BCUT2D eigenvalue weighted by atomic mass is 10.1. The van der Waals surface area contributed by atoms with E-state index >= 15 is 0 Å². The van der Waals surface area contributed by atoms with Crippen LogP contribution in [-0.2, 0) is 10.9 Å². The van der Waals surface area contributed by atoms with E-state index in [-0.39, 0.29) is 11.6 Å². The van der Waals surface area contributed by atoms with Gasteiger partial charge >= 0.3 is 6.18 Å². The van der Waals surface area contributed by atoms with Gasteiger partial charge in [0.15, 0.2) is 0 Å². The van der Waals surface area contributed by atoms with E-state index in [0.717, 1.165) is 6.07 Å². The minimum atomic E-state index is -4.82. The van der Waals surface area contributed by atoms with Gasteiger partial charge in [-0.2, -0.15) is 13.2 Å². The minimum absolute atomic E-state index is 0.174. The van der Waals surface area contributed by atoms with E-state index in [2.05, 4.69) is 0 Å². The van der Waals surface area contributed by atoms with Crippen LogP contribution in [0.1, 0.15) is 22.8 Å². The van der Waals surface area contributed by atoms with Gasteiger partial charge in [0.25, 0.3) is 5.91 Å². The summed E-state index contributed by atoms with van der Waals surface area (Å²) in [6, 6.07) is 2.06. The third-order valence-electron chi connectivity index (χ3n) is 3.15. The van der Waals surface area contributed by atoms with Crippen molar-refractivity contribution in [2.45, 2.75) is 19.1 Å². The van der Waals surface area contributed by atoms with Crippen LogP contribution in [0.2, 0.25) is 0 Å². The van der Waals surface area contributed by atoms with Gasteiger partial charge in [-0.1, -0.05) is 0 Å². The number of rotatable bonds is 1. The van der Waals surface area contributed by atoms with E-state index in [1.54, 1.807) is 6.92 Å². The number of halogens is 4. The molecule has 1 aliphatic heterocycles. The van der Waals surface area contributed by atoms with E-state index in [1.165, 1.54) is 4.90 Å². The highest BCUT2D eigenvalue weighted by molar-refractivity contribution is 5.94. The quantitative estimate of drug-likeness (QED) is 0.745. The Hall–Kier alpha value is -1.63. The van der Waals surface area contributed by atoms with Crippen molar-refractivity contribution in [1.82, 2.24) is 4.90 Å². The number of carbonyl (C=O) groups is 1.